The maximum absolute atomic E-state index is 12.3. The highest BCUT2D eigenvalue weighted by Crippen LogP contribution is 2.26. The normalized spacial score (nSPS) is 27.6. The minimum atomic E-state index is -0.212. The van der Waals surface area contributed by atoms with Gasteiger partial charge in [0.2, 0.25) is 5.91 Å². The van der Waals surface area contributed by atoms with Crippen molar-refractivity contribution in [3.05, 3.63) is 18.0 Å². The fourth-order valence-electron chi connectivity index (χ4n) is 2.87. The van der Waals surface area contributed by atoms with Crippen LogP contribution in [0.15, 0.2) is 16.9 Å². The van der Waals surface area contributed by atoms with Gasteiger partial charge in [0, 0.05) is 12.1 Å². The molecule has 1 aliphatic carbocycles. The third-order valence-electron chi connectivity index (χ3n) is 3.71. The molecule has 96 valence electrons. The Morgan fingerprint density at radius 2 is 2.28 bits per heavy atom. The van der Waals surface area contributed by atoms with Gasteiger partial charge in [0.25, 0.3) is 5.91 Å². The molecule has 1 aliphatic heterocycles. The largest absolute Gasteiger partial charge is 0.364 e. The summed E-state index contributed by atoms with van der Waals surface area (Å²) in [4.78, 5) is 25.6. The summed E-state index contributed by atoms with van der Waals surface area (Å²) in [7, 11) is 0. The first kappa shape index (κ1) is 11.3. The molecule has 2 heterocycles. The van der Waals surface area contributed by atoms with Crippen molar-refractivity contribution < 1.29 is 14.1 Å². The molecule has 1 aromatic heterocycles. The van der Waals surface area contributed by atoms with E-state index in [1.807, 2.05) is 0 Å². The summed E-state index contributed by atoms with van der Waals surface area (Å²) in [5, 5.41) is 6.63. The van der Waals surface area contributed by atoms with E-state index in [0.717, 1.165) is 25.7 Å². The van der Waals surface area contributed by atoms with Gasteiger partial charge in [-0.2, -0.15) is 0 Å². The summed E-state index contributed by atoms with van der Waals surface area (Å²) in [6.45, 7) is 0.118. The molecule has 6 heteroatoms. The lowest BCUT2D eigenvalue weighted by molar-refractivity contribution is -0.127. The zero-order valence-corrected chi connectivity index (χ0v) is 9.96. The van der Waals surface area contributed by atoms with Crippen LogP contribution in [-0.2, 0) is 4.79 Å². The van der Waals surface area contributed by atoms with Crippen molar-refractivity contribution in [1.29, 1.82) is 0 Å². The third kappa shape index (κ3) is 1.87. The Balaban J connectivity index is 1.84. The Labute approximate surface area is 104 Å². The zero-order valence-electron chi connectivity index (χ0n) is 9.96. The van der Waals surface area contributed by atoms with Crippen molar-refractivity contribution in [3.63, 3.8) is 0 Å². The molecule has 1 saturated heterocycles. The second-order valence-electron chi connectivity index (χ2n) is 4.84. The topological polar surface area (TPSA) is 75.4 Å². The average molecular weight is 249 g/mol. The van der Waals surface area contributed by atoms with E-state index in [-0.39, 0.29) is 36.1 Å². The van der Waals surface area contributed by atoms with Crippen molar-refractivity contribution in [2.75, 3.05) is 6.54 Å². The molecule has 2 atom stereocenters. The van der Waals surface area contributed by atoms with E-state index < -0.39 is 0 Å². The SMILES string of the molecule is O=C1CN(C(=O)c2ccon2)C2CCCCC2N1. The first-order valence-electron chi connectivity index (χ1n) is 6.26. The highest BCUT2D eigenvalue weighted by Gasteiger charge is 2.39. The molecule has 0 radical (unpaired) electrons. The number of nitrogens with one attached hydrogen (secondary N) is 1. The van der Waals surface area contributed by atoms with E-state index in [2.05, 4.69) is 10.5 Å². The second kappa shape index (κ2) is 4.44. The van der Waals surface area contributed by atoms with Gasteiger partial charge in [-0.05, 0) is 12.8 Å². The molecule has 0 aromatic carbocycles. The smallest absolute Gasteiger partial charge is 0.276 e. The van der Waals surface area contributed by atoms with Crippen LogP contribution in [-0.4, -0.2) is 40.5 Å². The fourth-order valence-corrected chi connectivity index (χ4v) is 2.87. The summed E-state index contributed by atoms with van der Waals surface area (Å²) >= 11 is 0. The zero-order chi connectivity index (χ0) is 12.5. The summed E-state index contributed by atoms with van der Waals surface area (Å²) in [6.07, 6.45) is 5.45. The monoisotopic (exact) mass is 249 g/mol. The molecule has 2 fully saturated rings. The standard InChI is InChI=1S/C12H15N3O3/c16-11-7-15(12(17)9-5-6-18-14-9)10-4-2-1-3-8(10)13-11/h5-6,8,10H,1-4,7H2,(H,13,16). The van der Waals surface area contributed by atoms with Gasteiger partial charge in [-0.1, -0.05) is 18.0 Å². The Kier molecular flexibility index (Phi) is 2.77. The highest BCUT2D eigenvalue weighted by atomic mass is 16.5. The lowest BCUT2D eigenvalue weighted by atomic mass is 9.87. The van der Waals surface area contributed by atoms with E-state index in [0.29, 0.717) is 0 Å². The van der Waals surface area contributed by atoms with Crippen molar-refractivity contribution in [2.24, 2.45) is 0 Å². The number of nitrogens with zero attached hydrogens (tertiary/aromatic N) is 2. The number of carbonyl (C=O) groups excluding carboxylic acids is 2. The van der Waals surface area contributed by atoms with Crippen LogP contribution >= 0.6 is 0 Å². The molecule has 1 saturated carbocycles. The summed E-state index contributed by atoms with van der Waals surface area (Å²) < 4.78 is 4.69. The van der Waals surface area contributed by atoms with Gasteiger partial charge in [0.05, 0.1) is 6.04 Å². The highest BCUT2D eigenvalue weighted by molar-refractivity contribution is 5.95. The molecule has 1 N–H and O–H groups in total. The fraction of sp³-hybridized carbons (Fsp3) is 0.583. The number of hydrogen-bond acceptors (Lipinski definition) is 4. The minimum absolute atomic E-state index is 0.0880. The van der Waals surface area contributed by atoms with Gasteiger partial charge in [-0.25, -0.2) is 0 Å². The number of amides is 2. The Morgan fingerprint density at radius 1 is 1.44 bits per heavy atom. The molecule has 2 aliphatic rings. The van der Waals surface area contributed by atoms with E-state index in [1.54, 1.807) is 4.90 Å². The van der Waals surface area contributed by atoms with Gasteiger partial charge in [0.1, 0.15) is 12.8 Å². The summed E-state index contributed by atoms with van der Waals surface area (Å²) in [6, 6.07) is 1.73. The average Bonchev–Trinajstić information content (AvgIpc) is 2.90. The molecule has 18 heavy (non-hydrogen) atoms. The van der Waals surface area contributed by atoms with Crippen molar-refractivity contribution in [1.82, 2.24) is 15.4 Å². The van der Waals surface area contributed by atoms with Crippen molar-refractivity contribution in [2.45, 2.75) is 37.8 Å². The van der Waals surface area contributed by atoms with E-state index in [1.165, 1.54) is 12.3 Å². The van der Waals surface area contributed by atoms with Crippen LogP contribution in [0.25, 0.3) is 0 Å². The third-order valence-corrected chi connectivity index (χ3v) is 3.71. The molecule has 6 nitrogen and oxygen atoms in total. The van der Waals surface area contributed by atoms with Crippen LogP contribution < -0.4 is 5.32 Å². The minimum Gasteiger partial charge on any atom is -0.364 e. The van der Waals surface area contributed by atoms with Gasteiger partial charge < -0.3 is 14.7 Å². The number of hydrogen-bond donors (Lipinski definition) is 1. The van der Waals surface area contributed by atoms with E-state index in [4.69, 9.17) is 4.52 Å². The van der Waals surface area contributed by atoms with Crippen LogP contribution in [0, 0.1) is 0 Å². The maximum Gasteiger partial charge on any atom is 0.276 e. The Hall–Kier alpha value is -1.85. The number of aromatic nitrogens is 1. The molecule has 2 amide bonds. The van der Waals surface area contributed by atoms with Crippen molar-refractivity contribution >= 4 is 11.8 Å². The number of fused-ring (bicyclic) bond motifs is 1. The molecule has 0 bridgehead atoms. The lowest BCUT2D eigenvalue weighted by Gasteiger charge is -2.43. The summed E-state index contributed by atoms with van der Waals surface area (Å²) in [5.41, 5.74) is 0.272. The van der Waals surface area contributed by atoms with Crippen LogP contribution in [0.1, 0.15) is 36.2 Å². The van der Waals surface area contributed by atoms with Gasteiger partial charge in [-0.3, -0.25) is 9.59 Å². The molecule has 3 rings (SSSR count). The number of carbonyl (C=O) groups is 2. The lowest BCUT2D eigenvalue weighted by Crippen LogP contribution is -2.62. The van der Waals surface area contributed by atoms with Gasteiger partial charge in [0.15, 0.2) is 5.69 Å². The Morgan fingerprint density at radius 3 is 3.06 bits per heavy atom. The summed E-state index contributed by atoms with van der Waals surface area (Å²) in [5.74, 6) is -0.300. The van der Waals surface area contributed by atoms with Crippen LogP contribution in [0.3, 0.4) is 0 Å². The number of piperazine rings is 1. The first-order chi connectivity index (χ1) is 8.75. The molecule has 0 spiro atoms. The first-order valence-corrected chi connectivity index (χ1v) is 6.26. The van der Waals surface area contributed by atoms with Crippen LogP contribution in [0.2, 0.25) is 0 Å². The quantitative estimate of drug-likeness (QED) is 0.789. The second-order valence-corrected chi connectivity index (χ2v) is 4.84. The van der Waals surface area contributed by atoms with Gasteiger partial charge in [-0.15, -0.1) is 0 Å². The van der Waals surface area contributed by atoms with Crippen molar-refractivity contribution in [3.8, 4) is 0 Å². The predicted molar refractivity (Wildman–Crippen MR) is 61.7 cm³/mol. The predicted octanol–water partition coefficient (Wildman–Crippen LogP) is 0.558. The van der Waals surface area contributed by atoms with Gasteiger partial charge >= 0.3 is 0 Å². The molecule has 2 unspecified atom stereocenters. The van der Waals surface area contributed by atoms with Crippen LogP contribution in [0.4, 0.5) is 0 Å². The molecular weight excluding hydrogens is 234 g/mol. The Bertz CT molecular complexity index is 457. The van der Waals surface area contributed by atoms with Crippen LogP contribution in [0.5, 0.6) is 0 Å². The maximum atomic E-state index is 12.3. The van der Waals surface area contributed by atoms with E-state index in [9.17, 15) is 9.59 Å². The molecule has 1 aromatic rings. The van der Waals surface area contributed by atoms with E-state index >= 15 is 0 Å². The molecular formula is C12H15N3O3. The number of rotatable bonds is 1.